The molecule has 0 spiro atoms. The standard InChI is InChI=1S/C16H19NO2S/c1-3-19-15(18)16(8-4-5-9-16)14-17-12-7-6-11(2)10-13(12)20-14/h6-7,10H,3-5,8-9H2,1-2H3. The SMILES string of the molecule is CCOC(=O)C1(c2nc3ccc(C)cc3s2)CCCC1. The molecule has 1 aliphatic carbocycles. The minimum atomic E-state index is -0.492. The third-order valence-corrected chi connectivity index (χ3v) is 5.30. The summed E-state index contributed by atoms with van der Waals surface area (Å²) in [4.78, 5) is 17.2. The first-order valence-electron chi connectivity index (χ1n) is 7.20. The van der Waals surface area contributed by atoms with Crippen LogP contribution < -0.4 is 0 Å². The van der Waals surface area contributed by atoms with Gasteiger partial charge in [-0.2, -0.15) is 0 Å². The molecule has 1 fully saturated rings. The van der Waals surface area contributed by atoms with Crippen LogP contribution in [0.5, 0.6) is 0 Å². The fraction of sp³-hybridized carbons (Fsp3) is 0.500. The van der Waals surface area contributed by atoms with E-state index in [1.54, 1.807) is 11.3 Å². The van der Waals surface area contributed by atoms with E-state index < -0.39 is 5.41 Å². The second-order valence-electron chi connectivity index (χ2n) is 5.50. The molecule has 0 bridgehead atoms. The number of aromatic nitrogens is 1. The van der Waals surface area contributed by atoms with E-state index in [-0.39, 0.29) is 5.97 Å². The van der Waals surface area contributed by atoms with Crippen LogP contribution in [0.25, 0.3) is 10.2 Å². The predicted molar refractivity (Wildman–Crippen MR) is 81.1 cm³/mol. The Balaban J connectivity index is 2.07. The van der Waals surface area contributed by atoms with Crippen LogP contribution in [0, 0.1) is 6.92 Å². The highest BCUT2D eigenvalue weighted by Crippen LogP contribution is 2.44. The molecule has 106 valence electrons. The number of ether oxygens (including phenoxy) is 1. The molecule has 0 N–H and O–H groups in total. The summed E-state index contributed by atoms with van der Waals surface area (Å²) in [5.41, 5.74) is 1.73. The first kappa shape index (κ1) is 13.6. The van der Waals surface area contributed by atoms with E-state index in [9.17, 15) is 4.79 Å². The Labute approximate surface area is 123 Å². The molecule has 0 aliphatic heterocycles. The molecule has 1 saturated carbocycles. The first-order chi connectivity index (χ1) is 9.65. The van der Waals surface area contributed by atoms with Crippen molar-refractivity contribution in [1.29, 1.82) is 0 Å². The van der Waals surface area contributed by atoms with Gasteiger partial charge in [-0.25, -0.2) is 4.98 Å². The molecule has 1 aliphatic rings. The quantitative estimate of drug-likeness (QED) is 0.802. The number of esters is 1. The normalized spacial score (nSPS) is 17.5. The van der Waals surface area contributed by atoms with E-state index in [0.717, 1.165) is 40.9 Å². The van der Waals surface area contributed by atoms with Gasteiger partial charge in [0.25, 0.3) is 0 Å². The van der Waals surface area contributed by atoms with Crippen LogP contribution in [-0.4, -0.2) is 17.6 Å². The Morgan fingerprint density at radius 2 is 2.15 bits per heavy atom. The third-order valence-electron chi connectivity index (χ3n) is 4.08. The number of aryl methyl sites for hydroxylation is 1. The fourth-order valence-electron chi connectivity index (χ4n) is 2.99. The second kappa shape index (κ2) is 5.17. The Morgan fingerprint density at radius 1 is 1.40 bits per heavy atom. The van der Waals surface area contributed by atoms with Crippen molar-refractivity contribution in [3.05, 3.63) is 28.8 Å². The molecular weight excluding hydrogens is 270 g/mol. The smallest absolute Gasteiger partial charge is 0.319 e. The molecule has 1 aromatic carbocycles. The molecule has 1 aromatic heterocycles. The molecule has 3 nitrogen and oxygen atoms in total. The highest BCUT2D eigenvalue weighted by Gasteiger charge is 2.46. The minimum Gasteiger partial charge on any atom is -0.465 e. The lowest BCUT2D eigenvalue weighted by molar-refractivity contribution is -0.150. The summed E-state index contributed by atoms with van der Waals surface area (Å²) in [5, 5.41) is 0.939. The van der Waals surface area contributed by atoms with Crippen molar-refractivity contribution in [2.45, 2.75) is 44.9 Å². The number of benzene rings is 1. The predicted octanol–water partition coefficient (Wildman–Crippen LogP) is 3.98. The zero-order valence-electron chi connectivity index (χ0n) is 11.9. The van der Waals surface area contributed by atoms with E-state index in [2.05, 4.69) is 19.1 Å². The molecule has 0 unspecified atom stereocenters. The number of carbonyl (C=O) groups is 1. The van der Waals surface area contributed by atoms with Crippen LogP contribution in [0.3, 0.4) is 0 Å². The first-order valence-corrected chi connectivity index (χ1v) is 8.02. The molecule has 0 saturated heterocycles. The summed E-state index contributed by atoms with van der Waals surface area (Å²) >= 11 is 1.65. The largest absolute Gasteiger partial charge is 0.465 e. The summed E-state index contributed by atoms with van der Waals surface area (Å²) in [6, 6.07) is 6.25. The summed E-state index contributed by atoms with van der Waals surface area (Å²) in [6.45, 7) is 4.38. The van der Waals surface area contributed by atoms with Crippen molar-refractivity contribution in [3.8, 4) is 0 Å². The number of carbonyl (C=O) groups excluding carboxylic acids is 1. The van der Waals surface area contributed by atoms with Gasteiger partial charge in [0.15, 0.2) is 0 Å². The van der Waals surface area contributed by atoms with Gasteiger partial charge in [0, 0.05) is 0 Å². The molecule has 3 rings (SSSR count). The number of rotatable bonds is 3. The molecule has 20 heavy (non-hydrogen) atoms. The van der Waals surface area contributed by atoms with Crippen LogP contribution >= 0.6 is 11.3 Å². The van der Waals surface area contributed by atoms with Crippen molar-refractivity contribution in [2.24, 2.45) is 0 Å². The molecule has 0 radical (unpaired) electrons. The maximum atomic E-state index is 12.5. The molecule has 2 aromatic rings. The van der Waals surface area contributed by atoms with Gasteiger partial charge in [-0.3, -0.25) is 4.79 Å². The molecular formula is C16H19NO2S. The van der Waals surface area contributed by atoms with E-state index in [0.29, 0.717) is 6.61 Å². The van der Waals surface area contributed by atoms with Gasteiger partial charge in [-0.15, -0.1) is 11.3 Å². The van der Waals surface area contributed by atoms with Crippen LogP contribution in [0.2, 0.25) is 0 Å². The Morgan fingerprint density at radius 3 is 2.85 bits per heavy atom. The van der Waals surface area contributed by atoms with E-state index in [1.165, 1.54) is 5.56 Å². The van der Waals surface area contributed by atoms with Crippen LogP contribution in [0.1, 0.15) is 43.2 Å². The van der Waals surface area contributed by atoms with Gasteiger partial charge in [0.1, 0.15) is 10.4 Å². The average Bonchev–Trinajstić information content (AvgIpc) is 3.05. The van der Waals surface area contributed by atoms with Crippen molar-refractivity contribution in [1.82, 2.24) is 4.98 Å². The molecule has 0 atom stereocenters. The zero-order valence-corrected chi connectivity index (χ0v) is 12.8. The van der Waals surface area contributed by atoms with Gasteiger partial charge in [0.05, 0.1) is 16.8 Å². The van der Waals surface area contributed by atoms with Crippen LogP contribution in [-0.2, 0) is 14.9 Å². The lowest BCUT2D eigenvalue weighted by Gasteiger charge is -2.23. The Bertz CT molecular complexity index is 641. The second-order valence-corrected chi connectivity index (χ2v) is 6.53. The summed E-state index contributed by atoms with van der Waals surface area (Å²) in [6.07, 6.45) is 3.89. The summed E-state index contributed by atoms with van der Waals surface area (Å²) < 4.78 is 6.49. The summed E-state index contributed by atoms with van der Waals surface area (Å²) in [7, 11) is 0. The number of thiazole rings is 1. The zero-order chi connectivity index (χ0) is 14.2. The number of hydrogen-bond acceptors (Lipinski definition) is 4. The number of hydrogen-bond donors (Lipinski definition) is 0. The Hall–Kier alpha value is -1.42. The van der Waals surface area contributed by atoms with E-state index >= 15 is 0 Å². The Kier molecular flexibility index (Phi) is 3.50. The fourth-order valence-corrected chi connectivity index (χ4v) is 4.29. The van der Waals surface area contributed by atoms with Crippen molar-refractivity contribution in [2.75, 3.05) is 6.61 Å². The highest BCUT2D eigenvalue weighted by molar-refractivity contribution is 7.18. The van der Waals surface area contributed by atoms with Gasteiger partial charge < -0.3 is 4.74 Å². The maximum Gasteiger partial charge on any atom is 0.319 e. The molecule has 4 heteroatoms. The van der Waals surface area contributed by atoms with Gasteiger partial charge in [0.2, 0.25) is 0 Å². The highest BCUT2D eigenvalue weighted by atomic mass is 32.1. The van der Waals surface area contributed by atoms with E-state index in [1.807, 2.05) is 13.0 Å². The van der Waals surface area contributed by atoms with Gasteiger partial charge >= 0.3 is 5.97 Å². The van der Waals surface area contributed by atoms with Crippen LogP contribution in [0.15, 0.2) is 18.2 Å². The van der Waals surface area contributed by atoms with Gasteiger partial charge in [-0.1, -0.05) is 18.9 Å². The number of nitrogens with zero attached hydrogens (tertiary/aromatic N) is 1. The van der Waals surface area contributed by atoms with Gasteiger partial charge in [-0.05, 0) is 44.4 Å². The van der Waals surface area contributed by atoms with Crippen molar-refractivity contribution >= 4 is 27.5 Å². The van der Waals surface area contributed by atoms with E-state index in [4.69, 9.17) is 9.72 Å². The van der Waals surface area contributed by atoms with Crippen molar-refractivity contribution < 1.29 is 9.53 Å². The minimum absolute atomic E-state index is 0.0896. The molecule has 0 amide bonds. The maximum absolute atomic E-state index is 12.5. The molecule has 1 heterocycles. The average molecular weight is 289 g/mol. The lowest BCUT2D eigenvalue weighted by Crippen LogP contribution is -2.34. The third kappa shape index (κ3) is 2.12. The topological polar surface area (TPSA) is 39.2 Å². The number of fused-ring (bicyclic) bond motifs is 1. The lowest BCUT2D eigenvalue weighted by atomic mass is 9.87. The van der Waals surface area contributed by atoms with Crippen molar-refractivity contribution in [3.63, 3.8) is 0 Å². The summed E-state index contributed by atoms with van der Waals surface area (Å²) in [5.74, 6) is -0.0896. The van der Waals surface area contributed by atoms with Crippen LogP contribution in [0.4, 0.5) is 0 Å². The monoisotopic (exact) mass is 289 g/mol.